The molecule has 4 heteroatoms. The first kappa shape index (κ1) is 21.0. The molecule has 25 heavy (non-hydrogen) atoms. The van der Waals surface area contributed by atoms with Gasteiger partial charge in [-0.15, -0.1) is 11.6 Å². The van der Waals surface area contributed by atoms with Gasteiger partial charge in [0.2, 0.25) is 0 Å². The lowest BCUT2D eigenvalue weighted by molar-refractivity contribution is 0.717. The van der Waals surface area contributed by atoms with Crippen molar-refractivity contribution in [3.8, 4) is 0 Å². The summed E-state index contributed by atoms with van der Waals surface area (Å²) in [5.74, 6) is 0.740. The first-order valence-electron chi connectivity index (χ1n) is 8.94. The Bertz CT molecular complexity index is 630. The van der Waals surface area contributed by atoms with Crippen LogP contribution < -0.4 is 0 Å². The molecule has 0 bridgehead atoms. The van der Waals surface area contributed by atoms with Gasteiger partial charge in [-0.1, -0.05) is 66.9 Å². The average molecular weight is 416 g/mol. The van der Waals surface area contributed by atoms with Crippen LogP contribution in [0.3, 0.4) is 0 Å². The number of hydrogen-bond donors (Lipinski definition) is 0. The number of hydrogen-bond acceptors (Lipinski definition) is 1. The molecule has 0 aliphatic carbocycles. The monoisotopic (exact) mass is 414 g/mol. The van der Waals surface area contributed by atoms with Gasteiger partial charge in [0.05, 0.1) is 0 Å². The summed E-state index contributed by atoms with van der Waals surface area (Å²) in [5.41, 5.74) is 2.44. The van der Waals surface area contributed by atoms with E-state index < -0.39 is 0 Å². The van der Waals surface area contributed by atoms with E-state index in [-0.39, 0.29) is 0 Å². The highest BCUT2D eigenvalue weighted by Crippen LogP contribution is 2.35. The Labute approximate surface area is 171 Å². The van der Waals surface area contributed by atoms with E-state index >= 15 is 0 Å². The van der Waals surface area contributed by atoms with Crippen LogP contribution in [-0.2, 0) is 12.8 Å². The smallest absolute Gasteiger partial charge is 0.0464 e. The SMILES string of the molecule is CCCCCc1c(Cl)cc(Sc2ccc(CCCCCl)cc2)cc1Cl. The molecule has 0 fully saturated rings. The van der Waals surface area contributed by atoms with Gasteiger partial charge in [-0.05, 0) is 67.5 Å². The Morgan fingerprint density at radius 1 is 0.800 bits per heavy atom. The Hall–Kier alpha value is -0.340. The van der Waals surface area contributed by atoms with Crippen LogP contribution >= 0.6 is 46.6 Å². The predicted molar refractivity (Wildman–Crippen MR) is 114 cm³/mol. The second kappa shape index (κ2) is 11.4. The van der Waals surface area contributed by atoms with Crippen LogP contribution in [0.5, 0.6) is 0 Å². The molecule has 0 amide bonds. The van der Waals surface area contributed by atoms with E-state index in [1.807, 2.05) is 12.1 Å². The molecule has 0 unspecified atom stereocenters. The summed E-state index contributed by atoms with van der Waals surface area (Å²) >= 11 is 20.4. The summed E-state index contributed by atoms with van der Waals surface area (Å²) in [6, 6.07) is 12.8. The van der Waals surface area contributed by atoms with Crippen LogP contribution in [0.15, 0.2) is 46.2 Å². The van der Waals surface area contributed by atoms with E-state index in [2.05, 4.69) is 31.2 Å². The summed E-state index contributed by atoms with van der Waals surface area (Å²) in [4.78, 5) is 2.29. The minimum atomic E-state index is 0.740. The number of benzene rings is 2. The molecule has 0 radical (unpaired) electrons. The molecule has 0 atom stereocenters. The van der Waals surface area contributed by atoms with Crippen molar-refractivity contribution in [2.24, 2.45) is 0 Å². The Kier molecular flexibility index (Phi) is 9.55. The van der Waals surface area contributed by atoms with Gasteiger partial charge in [-0.25, -0.2) is 0 Å². The third-order valence-corrected chi connectivity index (χ3v) is 6.07. The molecule has 0 spiro atoms. The summed E-state index contributed by atoms with van der Waals surface area (Å²) in [6.45, 7) is 2.20. The van der Waals surface area contributed by atoms with Crippen molar-refractivity contribution in [3.05, 3.63) is 57.6 Å². The standard InChI is InChI=1S/C21H25Cl3S/c1-2-3-4-8-19-20(23)14-18(15-21(19)24)25-17-11-9-16(10-12-17)7-5-6-13-22/h9-12,14-15H,2-8,13H2,1H3. The maximum absolute atomic E-state index is 6.47. The zero-order valence-electron chi connectivity index (χ0n) is 14.7. The van der Waals surface area contributed by atoms with Crippen molar-refractivity contribution < 1.29 is 0 Å². The van der Waals surface area contributed by atoms with Crippen molar-refractivity contribution in [1.82, 2.24) is 0 Å². The summed E-state index contributed by atoms with van der Waals surface area (Å²) in [7, 11) is 0. The van der Waals surface area contributed by atoms with Crippen molar-refractivity contribution >= 4 is 46.6 Å². The normalized spacial score (nSPS) is 11.0. The topological polar surface area (TPSA) is 0 Å². The number of alkyl halides is 1. The summed E-state index contributed by atoms with van der Waals surface area (Å²) in [5, 5.41) is 1.56. The van der Waals surface area contributed by atoms with E-state index in [0.717, 1.165) is 58.5 Å². The van der Waals surface area contributed by atoms with Gasteiger partial charge < -0.3 is 0 Å². The van der Waals surface area contributed by atoms with E-state index in [1.54, 1.807) is 11.8 Å². The molecule has 0 N–H and O–H groups in total. The third kappa shape index (κ3) is 7.06. The van der Waals surface area contributed by atoms with Gasteiger partial charge in [0.25, 0.3) is 0 Å². The van der Waals surface area contributed by atoms with Crippen molar-refractivity contribution in [3.63, 3.8) is 0 Å². The zero-order chi connectivity index (χ0) is 18.1. The molecule has 0 aromatic heterocycles. The predicted octanol–water partition coefficient (Wildman–Crippen LogP) is 8.44. The van der Waals surface area contributed by atoms with Crippen molar-refractivity contribution in [1.29, 1.82) is 0 Å². The first-order chi connectivity index (χ1) is 12.1. The number of unbranched alkanes of at least 4 members (excludes halogenated alkanes) is 3. The molecule has 0 saturated heterocycles. The second-order valence-corrected chi connectivity index (χ2v) is 8.55. The van der Waals surface area contributed by atoms with Crippen LogP contribution in [0.25, 0.3) is 0 Å². The van der Waals surface area contributed by atoms with Gasteiger partial charge in [0.15, 0.2) is 0 Å². The lowest BCUT2D eigenvalue weighted by Gasteiger charge is -2.10. The Morgan fingerprint density at radius 2 is 1.44 bits per heavy atom. The minimum absolute atomic E-state index is 0.740. The zero-order valence-corrected chi connectivity index (χ0v) is 17.7. The van der Waals surface area contributed by atoms with Gasteiger partial charge in [-0.2, -0.15) is 0 Å². The molecule has 0 nitrogen and oxygen atoms in total. The van der Waals surface area contributed by atoms with Crippen molar-refractivity contribution in [2.75, 3.05) is 5.88 Å². The highest BCUT2D eigenvalue weighted by Gasteiger charge is 2.09. The van der Waals surface area contributed by atoms with E-state index in [4.69, 9.17) is 34.8 Å². The summed E-state index contributed by atoms with van der Waals surface area (Å²) in [6.07, 6.45) is 7.79. The van der Waals surface area contributed by atoms with Crippen LogP contribution in [0.1, 0.15) is 50.2 Å². The molecular weight excluding hydrogens is 391 g/mol. The van der Waals surface area contributed by atoms with Crippen molar-refractivity contribution in [2.45, 2.75) is 61.7 Å². The van der Waals surface area contributed by atoms with Gasteiger partial charge >= 0.3 is 0 Å². The average Bonchev–Trinajstić information content (AvgIpc) is 2.59. The molecule has 0 saturated carbocycles. The molecule has 0 heterocycles. The summed E-state index contributed by atoms with van der Waals surface area (Å²) < 4.78 is 0. The van der Waals surface area contributed by atoms with Gasteiger partial charge in [-0.3, -0.25) is 0 Å². The van der Waals surface area contributed by atoms with E-state index in [9.17, 15) is 0 Å². The largest absolute Gasteiger partial charge is 0.127 e. The van der Waals surface area contributed by atoms with E-state index in [0.29, 0.717) is 0 Å². The molecule has 2 rings (SSSR count). The first-order valence-corrected chi connectivity index (χ1v) is 11.1. The highest BCUT2D eigenvalue weighted by molar-refractivity contribution is 7.99. The maximum atomic E-state index is 6.47. The third-order valence-electron chi connectivity index (χ3n) is 4.15. The number of rotatable bonds is 10. The number of halogens is 3. The van der Waals surface area contributed by atoms with Crippen LogP contribution in [0.2, 0.25) is 10.0 Å². The van der Waals surface area contributed by atoms with Crippen LogP contribution in [0, 0.1) is 0 Å². The Morgan fingerprint density at radius 3 is 2.04 bits per heavy atom. The molecular formula is C21H25Cl3S. The quantitative estimate of drug-likeness (QED) is 0.277. The second-order valence-electron chi connectivity index (χ2n) is 6.21. The molecule has 2 aromatic rings. The molecule has 0 aliphatic rings. The van der Waals surface area contributed by atoms with Crippen LogP contribution in [-0.4, -0.2) is 5.88 Å². The molecule has 0 aliphatic heterocycles. The van der Waals surface area contributed by atoms with Gasteiger partial charge in [0, 0.05) is 25.7 Å². The minimum Gasteiger partial charge on any atom is -0.127 e. The molecule has 2 aromatic carbocycles. The lowest BCUT2D eigenvalue weighted by Crippen LogP contribution is -1.90. The van der Waals surface area contributed by atoms with Gasteiger partial charge in [0.1, 0.15) is 0 Å². The Balaban J connectivity index is 2.00. The fourth-order valence-corrected chi connectivity index (χ4v) is 4.61. The lowest BCUT2D eigenvalue weighted by atomic mass is 10.1. The molecule has 136 valence electrons. The number of aryl methyl sites for hydroxylation is 1. The fraction of sp³-hybridized carbons (Fsp3) is 0.429. The fourth-order valence-electron chi connectivity index (χ4n) is 2.71. The van der Waals surface area contributed by atoms with E-state index in [1.165, 1.54) is 23.3 Å². The highest BCUT2D eigenvalue weighted by atomic mass is 35.5. The maximum Gasteiger partial charge on any atom is 0.0464 e. The van der Waals surface area contributed by atoms with Crippen LogP contribution in [0.4, 0.5) is 0 Å².